The largest absolute Gasteiger partial charge is 0.474 e. The predicted molar refractivity (Wildman–Crippen MR) is 69.0 cm³/mol. The van der Waals surface area contributed by atoms with E-state index in [9.17, 15) is 4.39 Å². The Hall–Kier alpha value is -1.16. The molecular weight excluding hydrogens is 231 g/mol. The zero-order valence-electron chi connectivity index (χ0n) is 11.1. The van der Waals surface area contributed by atoms with Crippen molar-refractivity contribution < 1.29 is 9.13 Å². The average Bonchev–Trinajstić information content (AvgIpc) is 2.35. The van der Waals surface area contributed by atoms with Crippen molar-refractivity contribution in [3.05, 3.63) is 23.6 Å². The Labute approximate surface area is 108 Å². The van der Waals surface area contributed by atoms with Crippen LogP contribution in [0.15, 0.2) is 12.3 Å². The van der Waals surface area contributed by atoms with Gasteiger partial charge in [-0.05, 0) is 38.3 Å². The molecular formula is C14H21FN2O. The number of rotatable bonds is 4. The molecule has 1 aliphatic carbocycles. The number of ether oxygens (including phenoxy) is 1. The SMILES string of the molecule is CNCc1cc(F)cnc1OC1CCCCC1C. The second kappa shape index (κ2) is 6.14. The number of hydrogen-bond acceptors (Lipinski definition) is 3. The summed E-state index contributed by atoms with van der Waals surface area (Å²) < 4.78 is 19.2. The van der Waals surface area contributed by atoms with Crippen LogP contribution in [0.3, 0.4) is 0 Å². The lowest BCUT2D eigenvalue weighted by Crippen LogP contribution is -2.29. The van der Waals surface area contributed by atoms with E-state index in [0.717, 1.165) is 12.0 Å². The van der Waals surface area contributed by atoms with Crippen LogP contribution in [0, 0.1) is 11.7 Å². The van der Waals surface area contributed by atoms with Gasteiger partial charge in [0.2, 0.25) is 5.88 Å². The highest BCUT2D eigenvalue weighted by molar-refractivity contribution is 5.26. The smallest absolute Gasteiger partial charge is 0.218 e. The highest BCUT2D eigenvalue weighted by atomic mass is 19.1. The maximum atomic E-state index is 13.2. The minimum atomic E-state index is -0.315. The van der Waals surface area contributed by atoms with Gasteiger partial charge in [0.15, 0.2) is 0 Å². The van der Waals surface area contributed by atoms with Crippen molar-refractivity contribution in [3.63, 3.8) is 0 Å². The van der Waals surface area contributed by atoms with Crippen molar-refractivity contribution in [2.45, 2.75) is 45.3 Å². The van der Waals surface area contributed by atoms with Crippen LogP contribution in [0.1, 0.15) is 38.2 Å². The molecule has 2 rings (SSSR count). The molecule has 1 aliphatic rings. The fourth-order valence-electron chi connectivity index (χ4n) is 2.49. The molecule has 0 bridgehead atoms. The normalized spacial score (nSPS) is 23.9. The number of nitrogens with zero attached hydrogens (tertiary/aromatic N) is 1. The van der Waals surface area contributed by atoms with E-state index >= 15 is 0 Å². The van der Waals surface area contributed by atoms with Gasteiger partial charge in [-0.1, -0.05) is 13.3 Å². The monoisotopic (exact) mass is 252 g/mol. The first kappa shape index (κ1) is 13.3. The second-order valence-corrected chi connectivity index (χ2v) is 5.07. The summed E-state index contributed by atoms with van der Waals surface area (Å²) >= 11 is 0. The van der Waals surface area contributed by atoms with E-state index in [1.54, 1.807) is 0 Å². The van der Waals surface area contributed by atoms with Crippen molar-refractivity contribution in [2.75, 3.05) is 7.05 Å². The first-order valence-corrected chi connectivity index (χ1v) is 6.66. The molecule has 1 saturated carbocycles. The highest BCUT2D eigenvalue weighted by Crippen LogP contribution is 2.28. The van der Waals surface area contributed by atoms with Crippen LogP contribution in [0.4, 0.5) is 4.39 Å². The van der Waals surface area contributed by atoms with E-state index in [-0.39, 0.29) is 11.9 Å². The van der Waals surface area contributed by atoms with Crippen molar-refractivity contribution in [2.24, 2.45) is 5.92 Å². The van der Waals surface area contributed by atoms with Crippen molar-refractivity contribution >= 4 is 0 Å². The Kier molecular flexibility index (Phi) is 4.53. The zero-order valence-corrected chi connectivity index (χ0v) is 11.1. The predicted octanol–water partition coefficient (Wildman–Crippen LogP) is 2.90. The Morgan fingerprint density at radius 3 is 2.94 bits per heavy atom. The molecule has 4 heteroatoms. The first-order chi connectivity index (χ1) is 8.70. The lowest BCUT2D eigenvalue weighted by atomic mass is 9.88. The average molecular weight is 252 g/mol. The molecule has 3 nitrogen and oxygen atoms in total. The number of aromatic nitrogens is 1. The summed E-state index contributed by atoms with van der Waals surface area (Å²) in [6.45, 7) is 2.78. The number of pyridine rings is 1. The molecule has 0 radical (unpaired) electrons. The van der Waals surface area contributed by atoms with Gasteiger partial charge in [-0.15, -0.1) is 0 Å². The van der Waals surface area contributed by atoms with E-state index in [1.807, 2.05) is 7.05 Å². The number of nitrogens with one attached hydrogen (secondary N) is 1. The summed E-state index contributed by atoms with van der Waals surface area (Å²) in [5, 5.41) is 3.01. The molecule has 0 aliphatic heterocycles. The van der Waals surface area contributed by atoms with Crippen LogP contribution in [-0.2, 0) is 6.54 Å². The minimum Gasteiger partial charge on any atom is -0.474 e. The lowest BCUT2D eigenvalue weighted by Gasteiger charge is -2.29. The van der Waals surface area contributed by atoms with Gasteiger partial charge in [0.05, 0.1) is 6.20 Å². The topological polar surface area (TPSA) is 34.2 Å². The van der Waals surface area contributed by atoms with Crippen LogP contribution >= 0.6 is 0 Å². The molecule has 2 unspecified atom stereocenters. The number of hydrogen-bond donors (Lipinski definition) is 1. The van der Waals surface area contributed by atoms with Gasteiger partial charge in [-0.3, -0.25) is 0 Å². The molecule has 1 aromatic rings. The third kappa shape index (κ3) is 3.19. The van der Waals surface area contributed by atoms with E-state index in [1.165, 1.54) is 31.5 Å². The summed E-state index contributed by atoms with van der Waals surface area (Å²) in [5.41, 5.74) is 0.787. The molecule has 2 atom stereocenters. The van der Waals surface area contributed by atoms with Crippen LogP contribution in [0.2, 0.25) is 0 Å². The summed E-state index contributed by atoms with van der Waals surface area (Å²) in [5.74, 6) is 0.807. The molecule has 1 heterocycles. The molecule has 1 N–H and O–H groups in total. The Balaban J connectivity index is 2.11. The minimum absolute atomic E-state index is 0.215. The molecule has 0 amide bonds. The molecule has 1 fully saturated rings. The van der Waals surface area contributed by atoms with Crippen LogP contribution < -0.4 is 10.1 Å². The van der Waals surface area contributed by atoms with Gasteiger partial charge in [0.25, 0.3) is 0 Å². The van der Waals surface area contributed by atoms with E-state index < -0.39 is 0 Å². The molecule has 0 spiro atoms. The standard InChI is InChI=1S/C14H21FN2O/c1-10-5-3-4-6-13(10)18-14-11(8-16-2)7-12(15)9-17-14/h7,9-10,13,16H,3-6,8H2,1-2H3. The summed E-state index contributed by atoms with van der Waals surface area (Å²) in [6, 6.07) is 1.49. The first-order valence-electron chi connectivity index (χ1n) is 6.66. The van der Waals surface area contributed by atoms with Crippen molar-refractivity contribution in [1.29, 1.82) is 0 Å². The van der Waals surface area contributed by atoms with Gasteiger partial charge in [0, 0.05) is 12.1 Å². The molecule has 1 aromatic heterocycles. The Morgan fingerprint density at radius 2 is 2.22 bits per heavy atom. The van der Waals surface area contributed by atoms with Crippen LogP contribution in [0.25, 0.3) is 0 Å². The second-order valence-electron chi connectivity index (χ2n) is 5.07. The summed E-state index contributed by atoms with van der Waals surface area (Å²) in [4.78, 5) is 4.09. The van der Waals surface area contributed by atoms with Crippen LogP contribution in [-0.4, -0.2) is 18.1 Å². The zero-order chi connectivity index (χ0) is 13.0. The molecule has 18 heavy (non-hydrogen) atoms. The maximum Gasteiger partial charge on any atom is 0.218 e. The van der Waals surface area contributed by atoms with Gasteiger partial charge >= 0.3 is 0 Å². The molecule has 100 valence electrons. The van der Waals surface area contributed by atoms with E-state index in [4.69, 9.17) is 4.74 Å². The highest BCUT2D eigenvalue weighted by Gasteiger charge is 2.24. The van der Waals surface area contributed by atoms with Crippen LogP contribution in [0.5, 0.6) is 5.88 Å². The van der Waals surface area contributed by atoms with Gasteiger partial charge in [0.1, 0.15) is 11.9 Å². The van der Waals surface area contributed by atoms with Crippen molar-refractivity contribution in [1.82, 2.24) is 10.3 Å². The van der Waals surface area contributed by atoms with Gasteiger partial charge < -0.3 is 10.1 Å². The van der Waals surface area contributed by atoms with Gasteiger partial charge in [-0.2, -0.15) is 0 Å². The van der Waals surface area contributed by atoms with Crippen molar-refractivity contribution in [3.8, 4) is 5.88 Å². The Morgan fingerprint density at radius 1 is 1.44 bits per heavy atom. The van der Waals surface area contributed by atoms with E-state index in [0.29, 0.717) is 18.3 Å². The fraction of sp³-hybridized carbons (Fsp3) is 0.643. The van der Waals surface area contributed by atoms with E-state index in [2.05, 4.69) is 17.2 Å². The number of halogens is 1. The maximum absolute atomic E-state index is 13.2. The third-order valence-corrected chi connectivity index (χ3v) is 3.55. The lowest BCUT2D eigenvalue weighted by molar-refractivity contribution is 0.0961. The molecule has 0 saturated heterocycles. The quantitative estimate of drug-likeness (QED) is 0.894. The fourth-order valence-corrected chi connectivity index (χ4v) is 2.49. The Bertz CT molecular complexity index is 397. The summed E-state index contributed by atoms with van der Waals surface area (Å²) in [6.07, 6.45) is 6.19. The molecule has 0 aromatic carbocycles. The third-order valence-electron chi connectivity index (χ3n) is 3.55. The van der Waals surface area contributed by atoms with Gasteiger partial charge in [-0.25, -0.2) is 9.37 Å². The summed E-state index contributed by atoms with van der Waals surface area (Å²) in [7, 11) is 1.83.